The van der Waals surface area contributed by atoms with Crippen LogP contribution in [0.1, 0.15) is 28.4 Å². The van der Waals surface area contributed by atoms with E-state index in [1.165, 1.54) is 12.3 Å². The quantitative estimate of drug-likeness (QED) is 0.810. The van der Waals surface area contributed by atoms with E-state index in [9.17, 15) is 17.4 Å². The topological polar surface area (TPSA) is 101 Å². The summed E-state index contributed by atoms with van der Waals surface area (Å²) in [5.74, 6) is -1.18. The summed E-state index contributed by atoms with van der Waals surface area (Å²) in [5.41, 5.74) is 1.01. The van der Waals surface area contributed by atoms with Gasteiger partial charge in [-0.2, -0.15) is 0 Å². The molecule has 21 heavy (non-hydrogen) atoms. The lowest BCUT2D eigenvalue weighted by molar-refractivity contribution is 0.0696. The Morgan fingerprint density at radius 3 is 2.43 bits per heavy atom. The Kier molecular flexibility index (Phi) is 5.66. The van der Waals surface area contributed by atoms with E-state index in [0.717, 1.165) is 6.07 Å². The number of hydrogen-bond acceptors (Lipinski definition) is 4. The molecule has 0 saturated heterocycles. The maximum Gasteiger partial charge on any atom is 0.335 e. The predicted molar refractivity (Wildman–Crippen MR) is 81.6 cm³/mol. The van der Waals surface area contributed by atoms with Gasteiger partial charge in [0.25, 0.3) is 0 Å². The molecule has 0 aliphatic rings. The highest BCUT2D eigenvalue weighted by molar-refractivity contribution is 7.89. The standard InChI is InChI=1S/C13H19NO5S2/c1-8-5-11(13(15)16)6-12(10(8)3)21(18,19)14-7-9(2)20(4)17/h5-6,9,14H,7H2,1-4H3,(H,15,16). The van der Waals surface area contributed by atoms with Crippen LogP contribution in [0.3, 0.4) is 0 Å². The van der Waals surface area contributed by atoms with Gasteiger partial charge in [-0.1, -0.05) is 0 Å². The van der Waals surface area contributed by atoms with Crippen molar-refractivity contribution >= 4 is 26.8 Å². The largest absolute Gasteiger partial charge is 0.478 e. The first-order valence-corrected chi connectivity index (χ1v) is 9.33. The molecule has 0 amide bonds. The van der Waals surface area contributed by atoms with Gasteiger partial charge in [-0.05, 0) is 44.0 Å². The van der Waals surface area contributed by atoms with Crippen LogP contribution in [0.2, 0.25) is 0 Å². The number of carboxylic acid groups (broad SMARTS) is 1. The molecule has 1 aromatic carbocycles. The first kappa shape index (κ1) is 17.8. The molecule has 0 aromatic heterocycles. The van der Waals surface area contributed by atoms with Crippen molar-refractivity contribution in [3.8, 4) is 0 Å². The zero-order valence-electron chi connectivity index (χ0n) is 12.3. The third-order valence-electron chi connectivity index (χ3n) is 3.28. The lowest BCUT2D eigenvalue weighted by Crippen LogP contribution is -2.33. The van der Waals surface area contributed by atoms with E-state index in [2.05, 4.69) is 4.72 Å². The van der Waals surface area contributed by atoms with Gasteiger partial charge in [0, 0.05) is 28.9 Å². The third kappa shape index (κ3) is 4.36. The Hall–Kier alpha value is -1.25. The van der Waals surface area contributed by atoms with Gasteiger partial charge < -0.3 is 5.11 Å². The number of hydrogen-bond donors (Lipinski definition) is 2. The van der Waals surface area contributed by atoms with Crippen LogP contribution in [0.4, 0.5) is 0 Å². The molecule has 0 fully saturated rings. The molecular weight excluding hydrogens is 314 g/mol. The van der Waals surface area contributed by atoms with Crippen molar-refractivity contribution in [2.75, 3.05) is 12.8 Å². The van der Waals surface area contributed by atoms with Crippen molar-refractivity contribution in [2.45, 2.75) is 30.9 Å². The summed E-state index contributed by atoms with van der Waals surface area (Å²) in [6.45, 7) is 4.98. The fraction of sp³-hybridized carbons (Fsp3) is 0.462. The van der Waals surface area contributed by atoms with Crippen molar-refractivity contribution in [3.63, 3.8) is 0 Å². The molecule has 0 saturated carbocycles. The summed E-state index contributed by atoms with van der Waals surface area (Å²) in [6, 6.07) is 2.57. The van der Waals surface area contributed by atoms with Crippen molar-refractivity contribution in [3.05, 3.63) is 28.8 Å². The number of nitrogens with one attached hydrogen (secondary N) is 1. The third-order valence-corrected chi connectivity index (χ3v) is 6.13. The Labute approximate surface area is 127 Å². The zero-order chi connectivity index (χ0) is 16.4. The van der Waals surface area contributed by atoms with E-state index in [-0.39, 0.29) is 22.3 Å². The fourth-order valence-electron chi connectivity index (χ4n) is 1.65. The number of sulfonamides is 1. The molecule has 0 aliphatic heterocycles. The minimum Gasteiger partial charge on any atom is -0.478 e. The van der Waals surface area contributed by atoms with Crippen LogP contribution in [0.25, 0.3) is 0 Å². The molecule has 1 aromatic rings. The minimum absolute atomic E-state index is 0.0290. The van der Waals surface area contributed by atoms with Gasteiger partial charge in [-0.15, -0.1) is 0 Å². The second kappa shape index (κ2) is 6.67. The van der Waals surface area contributed by atoms with E-state index in [4.69, 9.17) is 5.11 Å². The van der Waals surface area contributed by atoms with Crippen LogP contribution in [0.5, 0.6) is 0 Å². The highest BCUT2D eigenvalue weighted by atomic mass is 32.2. The number of carboxylic acids is 1. The molecule has 118 valence electrons. The van der Waals surface area contributed by atoms with Crippen LogP contribution in [0, 0.1) is 13.8 Å². The first-order valence-electron chi connectivity index (χ1n) is 6.22. The van der Waals surface area contributed by atoms with Crippen LogP contribution in [-0.4, -0.2) is 41.8 Å². The van der Waals surface area contributed by atoms with E-state index in [0.29, 0.717) is 11.1 Å². The smallest absolute Gasteiger partial charge is 0.335 e. The molecule has 1 rings (SSSR count). The summed E-state index contributed by atoms with van der Waals surface area (Å²) in [4.78, 5) is 11.0. The van der Waals surface area contributed by atoms with Gasteiger partial charge in [0.1, 0.15) is 0 Å². The van der Waals surface area contributed by atoms with Crippen molar-refractivity contribution < 1.29 is 22.5 Å². The van der Waals surface area contributed by atoms with E-state index < -0.39 is 26.8 Å². The molecule has 8 heteroatoms. The Morgan fingerprint density at radius 2 is 1.95 bits per heavy atom. The zero-order valence-corrected chi connectivity index (χ0v) is 14.0. The van der Waals surface area contributed by atoms with Crippen LogP contribution in [0.15, 0.2) is 17.0 Å². The van der Waals surface area contributed by atoms with Crippen molar-refractivity contribution in [1.29, 1.82) is 0 Å². The SMILES string of the molecule is Cc1cc(C(=O)O)cc(S(=O)(=O)NCC(C)S(C)=O)c1C. The number of benzene rings is 1. The minimum atomic E-state index is -3.85. The van der Waals surface area contributed by atoms with Gasteiger partial charge in [0.15, 0.2) is 0 Å². The summed E-state index contributed by atoms with van der Waals surface area (Å²) in [6.07, 6.45) is 1.50. The van der Waals surface area contributed by atoms with Crippen molar-refractivity contribution in [2.24, 2.45) is 0 Å². The highest BCUT2D eigenvalue weighted by Crippen LogP contribution is 2.21. The molecule has 0 radical (unpaired) electrons. The number of carbonyl (C=O) groups is 1. The first-order chi connectivity index (χ1) is 9.56. The van der Waals surface area contributed by atoms with E-state index in [1.54, 1.807) is 20.8 Å². The second-order valence-corrected chi connectivity index (χ2v) is 8.42. The van der Waals surface area contributed by atoms with Crippen LogP contribution in [-0.2, 0) is 20.8 Å². The lowest BCUT2D eigenvalue weighted by Gasteiger charge is -2.14. The highest BCUT2D eigenvalue weighted by Gasteiger charge is 2.21. The molecule has 2 atom stereocenters. The summed E-state index contributed by atoms with van der Waals surface area (Å²) in [5, 5.41) is 8.70. The predicted octanol–water partition coefficient (Wildman–Crippen LogP) is 1.05. The fourth-order valence-corrected chi connectivity index (χ4v) is 3.55. The lowest BCUT2D eigenvalue weighted by atomic mass is 10.1. The summed E-state index contributed by atoms with van der Waals surface area (Å²) < 4.78 is 38.2. The van der Waals surface area contributed by atoms with Crippen LogP contribution >= 0.6 is 0 Å². The van der Waals surface area contributed by atoms with E-state index in [1.807, 2.05) is 0 Å². The molecule has 6 nitrogen and oxygen atoms in total. The Balaban J connectivity index is 3.19. The second-order valence-electron chi connectivity index (χ2n) is 4.88. The number of rotatable bonds is 6. The normalized spacial score (nSPS) is 14.7. The summed E-state index contributed by atoms with van der Waals surface area (Å²) >= 11 is 0. The Bertz CT molecular complexity index is 682. The molecule has 0 heterocycles. The van der Waals surface area contributed by atoms with Crippen molar-refractivity contribution in [1.82, 2.24) is 4.72 Å². The molecule has 0 bridgehead atoms. The molecule has 2 N–H and O–H groups in total. The maximum absolute atomic E-state index is 12.3. The maximum atomic E-state index is 12.3. The average Bonchev–Trinajstić information content (AvgIpc) is 2.38. The van der Waals surface area contributed by atoms with Gasteiger partial charge >= 0.3 is 5.97 Å². The Morgan fingerprint density at radius 1 is 1.38 bits per heavy atom. The molecule has 0 aliphatic carbocycles. The number of aromatic carboxylic acids is 1. The molecular formula is C13H19NO5S2. The molecule has 0 spiro atoms. The summed E-state index contributed by atoms with van der Waals surface area (Å²) in [7, 11) is -4.99. The van der Waals surface area contributed by atoms with Gasteiger partial charge in [0.05, 0.1) is 10.5 Å². The van der Waals surface area contributed by atoms with Gasteiger partial charge in [-0.3, -0.25) is 4.21 Å². The average molecular weight is 333 g/mol. The van der Waals surface area contributed by atoms with E-state index >= 15 is 0 Å². The monoisotopic (exact) mass is 333 g/mol. The van der Waals surface area contributed by atoms with Crippen LogP contribution < -0.4 is 4.72 Å². The molecule has 2 unspecified atom stereocenters. The van der Waals surface area contributed by atoms with Gasteiger partial charge in [0.2, 0.25) is 10.0 Å². The number of aryl methyl sites for hydroxylation is 1. The van der Waals surface area contributed by atoms with Gasteiger partial charge in [-0.25, -0.2) is 17.9 Å².